The second-order valence-electron chi connectivity index (χ2n) is 14.4. The smallest absolute Gasteiger partial charge is 0.361 e. The van der Waals surface area contributed by atoms with Crippen molar-refractivity contribution >= 4 is 11.9 Å². The van der Waals surface area contributed by atoms with Gasteiger partial charge in [0.1, 0.15) is 19.3 Å². The Morgan fingerprint density at radius 1 is 0.600 bits per heavy atom. The summed E-state index contributed by atoms with van der Waals surface area (Å²) in [6.07, 6.45) is 41.5. The van der Waals surface area contributed by atoms with Gasteiger partial charge in [0.2, 0.25) is 0 Å². The minimum atomic E-state index is -1.46. The fourth-order valence-electron chi connectivity index (χ4n) is 5.24. The first-order valence-corrected chi connectivity index (χ1v) is 19.9. The van der Waals surface area contributed by atoms with E-state index in [4.69, 9.17) is 14.2 Å². The molecule has 8 heteroatoms. The lowest BCUT2D eigenvalue weighted by Gasteiger charge is -2.24. The molecule has 290 valence electrons. The van der Waals surface area contributed by atoms with Gasteiger partial charge in [-0.25, -0.2) is 4.79 Å². The molecule has 0 saturated carbocycles. The summed E-state index contributed by atoms with van der Waals surface area (Å²) in [6.45, 7) is 2.48. The number of likely N-dealkylation sites (N-methyl/N-ethyl adjacent to an activating group) is 1. The molecule has 0 rings (SSSR count). The maximum atomic E-state index is 12.0. The number of carbonyl (C=O) groups is 2. The van der Waals surface area contributed by atoms with Crippen LogP contribution in [0.15, 0.2) is 48.6 Å². The SMILES string of the molecule is CC/C=C\C/C=C\C/C=C\C/C=C\CCCCCCCCCCCCCCCCCCC(=O)OCC(O)COC(OCC[N+](C)(C)C)C(=O)O. The number of esters is 1. The Bertz CT molecular complexity index is 906. The zero-order valence-electron chi connectivity index (χ0n) is 32.5. The molecule has 0 saturated heterocycles. The average molecular weight is 707 g/mol. The van der Waals surface area contributed by atoms with Crippen molar-refractivity contribution in [1.29, 1.82) is 0 Å². The van der Waals surface area contributed by atoms with Crippen molar-refractivity contribution in [3.63, 3.8) is 0 Å². The zero-order chi connectivity index (χ0) is 37.0. The molecular weight excluding hydrogens is 630 g/mol. The van der Waals surface area contributed by atoms with E-state index in [0.717, 1.165) is 44.9 Å². The molecular formula is C42H76NO7+. The minimum Gasteiger partial charge on any atom is -0.477 e. The molecule has 0 spiro atoms. The Hall–Kier alpha value is -2.26. The van der Waals surface area contributed by atoms with Gasteiger partial charge in [-0.15, -0.1) is 0 Å². The molecule has 50 heavy (non-hydrogen) atoms. The predicted molar refractivity (Wildman–Crippen MR) is 207 cm³/mol. The summed E-state index contributed by atoms with van der Waals surface area (Å²) in [5.41, 5.74) is 0. The summed E-state index contributed by atoms with van der Waals surface area (Å²) in [6, 6.07) is 0. The quantitative estimate of drug-likeness (QED) is 0.0220. The van der Waals surface area contributed by atoms with Crippen molar-refractivity contribution in [3.05, 3.63) is 48.6 Å². The van der Waals surface area contributed by atoms with Crippen molar-refractivity contribution in [2.75, 3.05) is 47.5 Å². The Morgan fingerprint density at radius 2 is 1.04 bits per heavy atom. The van der Waals surface area contributed by atoms with Crippen LogP contribution in [0.4, 0.5) is 0 Å². The van der Waals surface area contributed by atoms with Gasteiger partial charge in [0.25, 0.3) is 6.29 Å². The molecule has 2 N–H and O–H groups in total. The van der Waals surface area contributed by atoms with Gasteiger partial charge < -0.3 is 28.9 Å². The summed E-state index contributed by atoms with van der Waals surface area (Å²) in [7, 11) is 5.92. The number of carboxylic acid groups (broad SMARTS) is 1. The fourth-order valence-corrected chi connectivity index (χ4v) is 5.24. The van der Waals surface area contributed by atoms with Gasteiger partial charge >= 0.3 is 11.9 Å². The number of allylic oxidation sites excluding steroid dienone is 8. The first-order chi connectivity index (χ1) is 24.2. The maximum absolute atomic E-state index is 12.0. The normalized spacial score (nSPS) is 13.7. The van der Waals surface area contributed by atoms with Crippen molar-refractivity contribution in [3.8, 4) is 0 Å². The largest absolute Gasteiger partial charge is 0.477 e. The Labute approximate surface area is 306 Å². The lowest BCUT2D eigenvalue weighted by atomic mass is 10.0. The Kier molecular flexibility index (Phi) is 33.6. The molecule has 0 aromatic heterocycles. The molecule has 0 aliphatic carbocycles. The van der Waals surface area contributed by atoms with E-state index < -0.39 is 18.4 Å². The van der Waals surface area contributed by atoms with Crippen LogP contribution in [0.3, 0.4) is 0 Å². The van der Waals surface area contributed by atoms with Gasteiger partial charge in [-0.1, -0.05) is 145 Å². The maximum Gasteiger partial charge on any atom is 0.361 e. The summed E-state index contributed by atoms with van der Waals surface area (Å²) in [5.74, 6) is -1.61. The van der Waals surface area contributed by atoms with Crippen LogP contribution in [0.1, 0.15) is 148 Å². The van der Waals surface area contributed by atoms with Gasteiger partial charge in [0.15, 0.2) is 0 Å². The van der Waals surface area contributed by atoms with Crippen LogP contribution >= 0.6 is 0 Å². The summed E-state index contributed by atoms with van der Waals surface area (Å²) in [4.78, 5) is 23.3. The number of unbranched alkanes of at least 4 members (excludes halogenated alkanes) is 16. The summed E-state index contributed by atoms with van der Waals surface area (Å²) in [5, 5.41) is 19.2. The van der Waals surface area contributed by atoms with Crippen molar-refractivity contribution in [1.82, 2.24) is 0 Å². The number of aliphatic hydroxyl groups is 1. The van der Waals surface area contributed by atoms with Crippen LogP contribution in [0.5, 0.6) is 0 Å². The molecule has 0 fully saturated rings. The molecule has 0 heterocycles. The standard InChI is InChI=1S/C42H75NO7/c1-5-6-7-8-9-10-11-12-13-14-15-16-17-18-19-20-21-22-23-24-25-26-27-28-29-30-31-32-33-34-40(45)49-37-39(44)38-50-42(41(46)47)48-36-35-43(2,3)4/h6-7,9-10,12-13,15-16,39,42,44H,5,8,11,14,17-38H2,1-4H3/p+1/b7-6-,10-9-,13-12-,16-15-. The molecule has 0 aromatic carbocycles. The molecule has 0 amide bonds. The van der Waals surface area contributed by atoms with Gasteiger partial charge in [0, 0.05) is 6.42 Å². The predicted octanol–water partition coefficient (Wildman–Crippen LogP) is 9.87. The zero-order valence-corrected chi connectivity index (χ0v) is 32.5. The van der Waals surface area contributed by atoms with Crippen molar-refractivity contribution in [2.24, 2.45) is 0 Å². The van der Waals surface area contributed by atoms with Crippen LogP contribution < -0.4 is 0 Å². The highest BCUT2D eigenvalue weighted by atomic mass is 16.7. The number of nitrogens with zero attached hydrogens (tertiary/aromatic N) is 1. The molecule has 0 aliphatic heterocycles. The van der Waals surface area contributed by atoms with Gasteiger partial charge in [-0.05, 0) is 44.9 Å². The second kappa shape index (κ2) is 35.2. The monoisotopic (exact) mass is 707 g/mol. The first kappa shape index (κ1) is 47.7. The van der Waals surface area contributed by atoms with Gasteiger partial charge in [-0.2, -0.15) is 0 Å². The topological polar surface area (TPSA) is 102 Å². The number of rotatable bonds is 36. The molecule has 2 atom stereocenters. The number of ether oxygens (including phenoxy) is 3. The van der Waals surface area contributed by atoms with E-state index in [1.165, 1.54) is 89.9 Å². The van der Waals surface area contributed by atoms with Crippen molar-refractivity contribution in [2.45, 2.75) is 161 Å². The van der Waals surface area contributed by atoms with E-state index in [-0.39, 0.29) is 25.8 Å². The van der Waals surface area contributed by atoms with E-state index in [2.05, 4.69) is 55.5 Å². The number of carbonyl (C=O) groups excluding carboxylic acids is 1. The third-order valence-electron chi connectivity index (χ3n) is 8.33. The lowest BCUT2D eigenvalue weighted by molar-refractivity contribution is -0.870. The average Bonchev–Trinajstić information content (AvgIpc) is 3.07. The van der Waals surface area contributed by atoms with Crippen LogP contribution in [0.2, 0.25) is 0 Å². The van der Waals surface area contributed by atoms with E-state index in [1.807, 2.05) is 21.1 Å². The van der Waals surface area contributed by atoms with Crippen LogP contribution in [0.25, 0.3) is 0 Å². The Morgan fingerprint density at radius 3 is 1.50 bits per heavy atom. The third-order valence-corrected chi connectivity index (χ3v) is 8.33. The number of hydrogen-bond donors (Lipinski definition) is 2. The fraction of sp³-hybridized carbons (Fsp3) is 0.762. The number of carboxylic acids is 1. The number of aliphatic hydroxyl groups excluding tert-OH is 1. The summed E-state index contributed by atoms with van der Waals surface area (Å²) >= 11 is 0. The number of aliphatic carboxylic acids is 1. The van der Waals surface area contributed by atoms with Crippen LogP contribution in [0, 0.1) is 0 Å². The molecule has 0 radical (unpaired) electrons. The summed E-state index contributed by atoms with van der Waals surface area (Å²) < 4.78 is 16.2. The van der Waals surface area contributed by atoms with Gasteiger partial charge in [-0.3, -0.25) is 4.79 Å². The second-order valence-corrected chi connectivity index (χ2v) is 14.4. The van der Waals surface area contributed by atoms with E-state index in [0.29, 0.717) is 17.4 Å². The lowest BCUT2D eigenvalue weighted by Crippen LogP contribution is -2.40. The van der Waals surface area contributed by atoms with Gasteiger partial charge in [0.05, 0.1) is 34.4 Å². The van der Waals surface area contributed by atoms with E-state index in [1.54, 1.807) is 0 Å². The van der Waals surface area contributed by atoms with Crippen LogP contribution in [-0.4, -0.2) is 86.5 Å². The highest BCUT2D eigenvalue weighted by Crippen LogP contribution is 2.15. The molecule has 0 bridgehead atoms. The highest BCUT2D eigenvalue weighted by molar-refractivity contribution is 5.70. The first-order valence-electron chi connectivity index (χ1n) is 19.9. The Balaban J connectivity index is 3.46. The molecule has 0 aromatic rings. The van der Waals surface area contributed by atoms with Crippen molar-refractivity contribution < 1.29 is 38.5 Å². The third kappa shape index (κ3) is 37.0. The number of quaternary nitrogens is 1. The van der Waals surface area contributed by atoms with Crippen LogP contribution in [-0.2, 0) is 23.8 Å². The highest BCUT2D eigenvalue weighted by Gasteiger charge is 2.22. The molecule has 2 unspecified atom stereocenters. The molecule has 0 aliphatic rings. The number of hydrogen-bond acceptors (Lipinski definition) is 6. The van der Waals surface area contributed by atoms with E-state index in [9.17, 15) is 19.8 Å². The minimum absolute atomic E-state index is 0.210. The molecule has 8 nitrogen and oxygen atoms in total. The van der Waals surface area contributed by atoms with E-state index >= 15 is 0 Å².